The van der Waals surface area contributed by atoms with E-state index in [2.05, 4.69) is 21.7 Å². The van der Waals surface area contributed by atoms with Gasteiger partial charge >= 0.3 is 5.97 Å². The minimum atomic E-state index is -0.453. The van der Waals surface area contributed by atoms with E-state index in [-0.39, 0.29) is 5.75 Å². The number of carbonyl (C=O) groups is 1. The summed E-state index contributed by atoms with van der Waals surface area (Å²) < 4.78 is 10.8. The SMILES string of the molecule is COC(=O)c1cc(C#Cc2ccc(-c3ccc(O)cc3)cn2)ccc1OCCN1CCCC1. The first-order valence-electron chi connectivity index (χ1n) is 11.0. The van der Waals surface area contributed by atoms with Crippen molar-refractivity contribution >= 4 is 5.97 Å². The van der Waals surface area contributed by atoms with E-state index in [1.165, 1.54) is 20.0 Å². The highest BCUT2D eigenvalue weighted by Crippen LogP contribution is 2.22. The number of likely N-dealkylation sites (tertiary alicyclic amines) is 1. The van der Waals surface area contributed by atoms with Crippen LogP contribution in [0.25, 0.3) is 11.1 Å². The van der Waals surface area contributed by atoms with Crippen LogP contribution >= 0.6 is 0 Å². The number of aromatic nitrogens is 1. The van der Waals surface area contributed by atoms with E-state index in [1.807, 2.05) is 30.3 Å². The Balaban J connectivity index is 1.46. The van der Waals surface area contributed by atoms with Crippen molar-refractivity contribution in [3.8, 4) is 34.5 Å². The fourth-order valence-corrected chi connectivity index (χ4v) is 3.72. The van der Waals surface area contributed by atoms with Gasteiger partial charge in [-0.15, -0.1) is 0 Å². The summed E-state index contributed by atoms with van der Waals surface area (Å²) in [5.74, 6) is 6.37. The highest BCUT2D eigenvalue weighted by molar-refractivity contribution is 5.93. The molecule has 0 atom stereocenters. The molecule has 1 N–H and O–H groups in total. The zero-order valence-corrected chi connectivity index (χ0v) is 18.6. The Morgan fingerprint density at radius 2 is 1.79 bits per heavy atom. The van der Waals surface area contributed by atoms with Crippen LogP contribution in [0.1, 0.15) is 34.5 Å². The van der Waals surface area contributed by atoms with Crippen LogP contribution in [0.5, 0.6) is 11.5 Å². The van der Waals surface area contributed by atoms with Crippen molar-refractivity contribution in [2.75, 3.05) is 33.4 Å². The number of carbonyl (C=O) groups excluding carboxylic acids is 1. The standard InChI is InChI=1S/C27H26N2O4/c1-32-27(31)25-18-20(5-13-26(25)33-17-16-29-14-2-3-15-29)4-9-23-10-6-22(19-28-23)21-7-11-24(30)12-8-21/h5-8,10-13,18-19,30H,2-3,14-17H2,1H3. The summed E-state index contributed by atoms with van der Waals surface area (Å²) >= 11 is 0. The second-order valence-electron chi connectivity index (χ2n) is 7.83. The quantitative estimate of drug-likeness (QED) is 0.458. The van der Waals surface area contributed by atoms with Crippen LogP contribution in [0.2, 0.25) is 0 Å². The van der Waals surface area contributed by atoms with E-state index < -0.39 is 5.97 Å². The average molecular weight is 443 g/mol. The van der Waals surface area contributed by atoms with Gasteiger partial charge in [0.2, 0.25) is 0 Å². The molecule has 0 spiro atoms. The number of phenolic OH excluding ortho intramolecular Hbond substituents is 1. The number of hydrogen-bond donors (Lipinski definition) is 1. The number of methoxy groups -OCH3 is 1. The van der Waals surface area contributed by atoms with E-state index in [0.717, 1.165) is 30.8 Å². The molecular weight excluding hydrogens is 416 g/mol. The maximum absolute atomic E-state index is 12.3. The number of ether oxygens (including phenoxy) is 2. The highest BCUT2D eigenvalue weighted by atomic mass is 16.5. The van der Waals surface area contributed by atoms with E-state index in [4.69, 9.17) is 9.47 Å². The summed E-state index contributed by atoms with van der Waals surface area (Å²) in [7, 11) is 1.36. The first kappa shape index (κ1) is 22.4. The molecular formula is C27H26N2O4. The lowest BCUT2D eigenvalue weighted by molar-refractivity contribution is 0.0595. The number of nitrogens with zero attached hydrogens (tertiary/aromatic N) is 2. The molecule has 1 aliphatic rings. The van der Waals surface area contributed by atoms with Crippen molar-refractivity contribution < 1.29 is 19.4 Å². The third-order valence-corrected chi connectivity index (χ3v) is 5.55. The summed E-state index contributed by atoms with van der Waals surface area (Å²) in [5, 5.41) is 9.43. The van der Waals surface area contributed by atoms with Crippen molar-refractivity contribution in [3.63, 3.8) is 0 Å². The number of phenols is 1. The van der Waals surface area contributed by atoms with E-state index >= 15 is 0 Å². The Bertz CT molecular complexity index is 1160. The van der Waals surface area contributed by atoms with E-state index in [9.17, 15) is 9.90 Å². The van der Waals surface area contributed by atoms with Crippen molar-refractivity contribution in [2.24, 2.45) is 0 Å². The molecule has 0 amide bonds. The van der Waals surface area contributed by atoms with E-state index in [0.29, 0.717) is 29.2 Å². The number of rotatable bonds is 6. The summed E-state index contributed by atoms with van der Waals surface area (Å²) in [6.07, 6.45) is 4.21. The topological polar surface area (TPSA) is 71.9 Å². The van der Waals surface area contributed by atoms with Crippen LogP contribution in [0, 0.1) is 11.8 Å². The maximum atomic E-state index is 12.3. The lowest BCUT2D eigenvalue weighted by atomic mass is 10.1. The van der Waals surface area contributed by atoms with Gasteiger partial charge in [-0.05, 0) is 73.8 Å². The summed E-state index contributed by atoms with van der Waals surface area (Å²) in [5.41, 5.74) is 3.54. The molecule has 1 aliphatic heterocycles. The summed E-state index contributed by atoms with van der Waals surface area (Å²) in [4.78, 5) is 19.0. The minimum absolute atomic E-state index is 0.225. The first-order valence-corrected chi connectivity index (χ1v) is 11.0. The molecule has 0 aliphatic carbocycles. The van der Waals surface area contributed by atoms with Gasteiger partial charge in [-0.2, -0.15) is 0 Å². The fourth-order valence-electron chi connectivity index (χ4n) is 3.72. The van der Waals surface area contributed by atoms with Crippen LogP contribution in [-0.2, 0) is 4.74 Å². The smallest absolute Gasteiger partial charge is 0.341 e. The molecule has 2 heterocycles. The molecule has 1 fully saturated rings. The Hall–Kier alpha value is -3.82. The maximum Gasteiger partial charge on any atom is 0.341 e. The monoisotopic (exact) mass is 442 g/mol. The molecule has 33 heavy (non-hydrogen) atoms. The molecule has 1 saturated heterocycles. The zero-order chi connectivity index (χ0) is 23.0. The van der Waals surface area contributed by atoms with Gasteiger partial charge in [0.1, 0.15) is 29.4 Å². The minimum Gasteiger partial charge on any atom is -0.508 e. The van der Waals surface area contributed by atoms with E-state index in [1.54, 1.807) is 30.5 Å². The zero-order valence-electron chi connectivity index (χ0n) is 18.6. The Morgan fingerprint density at radius 1 is 1.03 bits per heavy atom. The molecule has 4 rings (SSSR count). The predicted octanol–water partition coefficient (Wildman–Crippen LogP) is 4.12. The van der Waals surface area contributed by atoms with Gasteiger partial charge < -0.3 is 14.6 Å². The van der Waals surface area contributed by atoms with Crippen LogP contribution in [0.3, 0.4) is 0 Å². The summed E-state index contributed by atoms with van der Waals surface area (Å²) in [6.45, 7) is 3.57. The molecule has 0 unspecified atom stereocenters. The van der Waals surface area contributed by atoms with Gasteiger partial charge in [-0.25, -0.2) is 9.78 Å². The number of hydrogen-bond acceptors (Lipinski definition) is 6. The van der Waals surface area contributed by atoms with Gasteiger partial charge in [-0.3, -0.25) is 4.90 Å². The Kier molecular flexibility index (Phi) is 7.23. The van der Waals surface area contributed by atoms with Crippen LogP contribution in [-0.4, -0.2) is 54.3 Å². The summed E-state index contributed by atoms with van der Waals surface area (Å²) in [6, 6.07) is 16.0. The molecule has 2 aromatic carbocycles. The second kappa shape index (κ2) is 10.7. The van der Waals surface area contributed by atoms with Gasteiger partial charge in [0.15, 0.2) is 0 Å². The Labute approximate surface area is 193 Å². The third kappa shape index (κ3) is 5.91. The van der Waals surface area contributed by atoms with Crippen molar-refractivity contribution in [2.45, 2.75) is 12.8 Å². The molecule has 6 nitrogen and oxygen atoms in total. The second-order valence-corrected chi connectivity index (χ2v) is 7.83. The fraction of sp³-hybridized carbons (Fsp3) is 0.259. The lowest BCUT2D eigenvalue weighted by Gasteiger charge is -2.16. The lowest BCUT2D eigenvalue weighted by Crippen LogP contribution is -2.25. The van der Waals surface area contributed by atoms with Gasteiger partial charge in [0, 0.05) is 23.9 Å². The van der Waals surface area contributed by atoms with Gasteiger partial charge in [-0.1, -0.05) is 24.1 Å². The number of benzene rings is 2. The first-order chi connectivity index (χ1) is 16.1. The number of aromatic hydroxyl groups is 1. The molecule has 0 bridgehead atoms. The highest BCUT2D eigenvalue weighted by Gasteiger charge is 2.15. The Morgan fingerprint density at radius 3 is 2.48 bits per heavy atom. The molecule has 6 heteroatoms. The van der Waals surface area contributed by atoms with Crippen LogP contribution in [0.4, 0.5) is 0 Å². The van der Waals surface area contributed by atoms with Crippen molar-refractivity contribution in [1.29, 1.82) is 0 Å². The van der Waals surface area contributed by atoms with Crippen molar-refractivity contribution in [1.82, 2.24) is 9.88 Å². The molecule has 168 valence electrons. The normalized spacial score (nSPS) is 13.2. The molecule has 0 saturated carbocycles. The van der Waals surface area contributed by atoms with Crippen LogP contribution < -0.4 is 4.74 Å². The predicted molar refractivity (Wildman–Crippen MR) is 126 cm³/mol. The van der Waals surface area contributed by atoms with Gasteiger partial charge in [0.25, 0.3) is 0 Å². The third-order valence-electron chi connectivity index (χ3n) is 5.55. The van der Waals surface area contributed by atoms with Gasteiger partial charge in [0.05, 0.1) is 7.11 Å². The number of esters is 1. The average Bonchev–Trinajstić information content (AvgIpc) is 3.37. The number of pyridine rings is 1. The van der Waals surface area contributed by atoms with Crippen LogP contribution in [0.15, 0.2) is 60.8 Å². The molecule has 1 aromatic heterocycles. The molecule has 0 radical (unpaired) electrons. The van der Waals surface area contributed by atoms with Crippen molar-refractivity contribution in [3.05, 3.63) is 77.6 Å². The molecule has 3 aromatic rings. The largest absolute Gasteiger partial charge is 0.508 e.